The van der Waals surface area contributed by atoms with Crippen molar-refractivity contribution < 1.29 is 9.90 Å². The Labute approximate surface area is 117 Å². The molecule has 0 aliphatic rings. The molecule has 100 valence electrons. The molecule has 4 nitrogen and oxygen atoms in total. The molecule has 0 fully saturated rings. The third-order valence-electron chi connectivity index (χ3n) is 2.65. The number of hydrogen-bond donors (Lipinski definition) is 1. The van der Waals surface area contributed by atoms with Gasteiger partial charge in [-0.1, -0.05) is 37.6 Å². The molecule has 0 atom stereocenters. The Hall–Kier alpha value is -1.94. The van der Waals surface area contributed by atoms with Crippen molar-refractivity contribution in [1.82, 2.24) is 9.97 Å². The molecule has 5 heteroatoms. The van der Waals surface area contributed by atoms with Crippen LogP contribution in [0.3, 0.4) is 0 Å². The van der Waals surface area contributed by atoms with Gasteiger partial charge in [-0.2, -0.15) is 0 Å². The van der Waals surface area contributed by atoms with E-state index in [0.29, 0.717) is 5.82 Å². The third kappa shape index (κ3) is 3.76. The van der Waals surface area contributed by atoms with Gasteiger partial charge in [0, 0.05) is 18.0 Å². The molecule has 19 heavy (non-hydrogen) atoms. The van der Waals surface area contributed by atoms with Crippen molar-refractivity contribution in [1.29, 1.82) is 0 Å². The summed E-state index contributed by atoms with van der Waals surface area (Å²) in [6.45, 7) is 2.14. The molecule has 1 aromatic carbocycles. The summed E-state index contributed by atoms with van der Waals surface area (Å²) in [4.78, 5) is 18.8. The average molecular weight is 279 g/mol. The molecule has 0 spiro atoms. The number of nitrogens with zero attached hydrogens (tertiary/aromatic N) is 2. The number of carboxylic acid groups (broad SMARTS) is 1. The van der Waals surface area contributed by atoms with Crippen molar-refractivity contribution >= 4 is 18.4 Å². The third-order valence-corrected chi connectivity index (χ3v) is 2.65. The van der Waals surface area contributed by atoms with Crippen LogP contribution in [-0.4, -0.2) is 21.0 Å². The Morgan fingerprint density at radius 3 is 2.21 bits per heavy atom. The van der Waals surface area contributed by atoms with E-state index in [0.717, 1.165) is 18.4 Å². The Kier molecular flexibility index (Phi) is 5.45. The minimum absolute atomic E-state index is 0. The highest BCUT2D eigenvalue weighted by molar-refractivity contribution is 5.86. The number of carbonyl (C=O) groups is 1. The van der Waals surface area contributed by atoms with Crippen molar-refractivity contribution in [3.63, 3.8) is 0 Å². The van der Waals surface area contributed by atoms with E-state index >= 15 is 0 Å². The quantitative estimate of drug-likeness (QED) is 0.933. The monoisotopic (exact) mass is 278 g/mol. The number of halogens is 1. The van der Waals surface area contributed by atoms with E-state index in [2.05, 4.69) is 16.9 Å². The topological polar surface area (TPSA) is 63.1 Å². The first-order valence-electron chi connectivity index (χ1n) is 5.85. The normalized spacial score (nSPS) is 9.74. The maximum absolute atomic E-state index is 10.7. The molecular weight excluding hydrogens is 264 g/mol. The molecule has 0 radical (unpaired) electrons. The molecule has 1 aromatic heterocycles. The van der Waals surface area contributed by atoms with E-state index in [1.807, 2.05) is 24.3 Å². The second-order valence-corrected chi connectivity index (χ2v) is 4.05. The summed E-state index contributed by atoms with van der Waals surface area (Å²) in [5, 5.41) is 8.76. The highest BCUT2D eigenvalue weighted by Crippen LogP contribution is 2.16. The lowest BCUT2D eigenvalue weighted by atomic mass is 10.1. The fourth-order valence-electron chi connectivity index (χ4n) is 1.70. The van der Waals surface area contributed by atoms with Gasteiger partial charge in [0.1, 0.15) is 0 Å². The van der Waals surface area contributed by atoms with Crippen LogP contribution in [0.5, 0.6) is 0 Å². The lowest BCUT2D eigenvalue weighted by Gasteiger charge is -2.02. The molecule has 2 rings (SSSR count). The molecule has 0 aliphatic heterocycles. The Balaban J connectivity index is 0.00000180. The Bertz CT molecular complexity index is 538. The summed E-state index contributed by atoms with van der Waals surface area (Å²) in [6, 6.07) is 8.02. The van der Waals surface area contributed by atoms with Crippen LogP contribution in [0.25, 0.3) is 11.4 Å². The van der Waals surface area contributed by atoms with Crippen molar-refractivity contribution in [3.8, 4) is 11.4 Å². The zero-order chi connectivity index (χ0) is 13.0. The number of rotatable bonds is 4. The van der Waals surface area contributed by atoms with Crippen molar-refractivity contribution in [2.75, 3.05) is 0 Å². The zero-order valence-electron chi connectivity index (χ0n) is 10.5. The van der Waals surface area contributed by atoms with Crippen molar-refractivity contribution in [2.24, 2.45) is 0 Å². The van der Waals surface area contributed by atoms with Gasteiger partial charge in [-0.3, -0.25) is 0 Å². The highest BCUT2D eigenvalue weighted by Gasteiger charge is 2.05. The number of aromatic carboxylic acids is 1. The molecule has 0 saturated heterocycles. The summed E-state index contributed by atoms with van der Waals surface area (Å²) in [7, 11) is 0. The van der Waals surface area contributed by atoms with Crippen LogP contribution in [0.2, 0.25) is 0 Å². The Morgan fingerprint density at radius 2 is 1.74 bits per heavy atom. The van der Waals surface area contributed by atoms with Gasteiger partial charge < -0.3 is 5.11 Å². The molecule has 0 saturated carbocycles. The van der Waals surface area contributed by atoms with Crippen LogP contribution in [-0.2, 0) is 6.42 Å². The van der Waals surface area contributed by atoms with Gasteiger partial charge in [-0.15, -0.1) is 12.4 Å². The first kappa shape index (κ1) is 15.1. The minimum Gasteiger partial charge on any atom is -0.478 e. The number of hydrogen-bond acceptors (Lipinski definition) is 3. The van der Waals surface area contributed by atoms with E-state index in [4.69, 9.17) is 5.11 Å². The molecular formula is C14H15ClN2O2. The molecule has 1 heterocycles. The van der Waals surface area contributed by atoms with Gasteiger partial charge in [0.25, 0.3) is 0 Å². The summed E-state index contributed by atoms with van der Waals surface area (Å²) >= 11 is 0. The number of benzene rings is 1. The van der Waals surface area contributed by atoms with E-state index in [1.54, 1.807) is 0 Å². The fourth-order valence-corrected chi connectivity index (χ4v) is 1.70. The number of aryl methyl sites for hydroxylation is 1. The van der Waals surface area contributed by atoms with E-state index in [1.165, 1.54) is 18.0 Å². The largest absolute Gasteiger partial charge is 0.478 e. The molecule has 2 aromatic rings. The lowest BCUT2D eigenvalue weighted by molar-refractivity contribution is 0.0696. The molecule has 1 N–H and O–H groups in total. The van der Waals surface area contributed by atoms with Crippen LogP contribution in [0, 0.1) is 0 Å². The van der Waals surface area contributed by atoms with Crippen LogP contribution >= 0.6 is 12.4 Å². The van der Waals surface area contributed by atoms with Crippen LogP contribution in [0.1, 0.15) is 29.3 Å². The predicted molar refractivity (Wildman–Crippen MR) is 75.7 cm³/mol. The first-order chi connectivity index (χ1) is 8.70. The predicted octanol–water partition coefficient (Wildman–Crippen LogP) is 3.22. The summed E-state index contributed by atoms with van der Waals surface area (Å²) in [5.74, 6) is -0.470. The zero-order valence-corrected chi connectivity index (χ0v) is 11.4. The smallest absolute Gasteiger partial charge is 0.338 e. The van der Waals surface area contributed by atoms with Crippen LogP contribution in [0.15, 0.2) is 36.7 Å². The number of aromatic nitrogens is 2. The Morgan fingerprint density at radius 1 is 1.16 bits per heavy atom. The van der Waals surface area contributed by atoms with Gasteiger partial charge in [-0.25, -0.2) is 14.8 Å². The SMILES string of the molecule is CCCc1ccc(-c2ncc(C(=O)O)cn2)cc1.Cl. The van der Waals surface area contributed by atoms with Crippen LogP contribution in [0.4, 0.5) is 0 Å². The molecule has 0 unspecified atom stereocenters. The second kappa shape index (κ2) is 6.85. The molecule has 0 bridgehead atoms. The summed E-state index contributed by atoms with van der Waals surface area (Å²) in [6.07, 6.45) is 4.82. The minimum atomic E-state index is -1.01. The fraction of sp³-hybridized carbons (Fsp3) is 0.214. The van der Waals surface area contributed by atoms with Gasteiger partial charge in [-0.05, 0) is 12.0 Å². The molecule has 0 amide bonds. The van der Waals surface area contributed by atoms with Gasteiger partial charge in [0.2, 0.25) is 0 Å². The summed E-state index contributed by atoms with van der Waals surface area (Å²) in [5.41, 5.74) is 2.27. The van der Waals surface area contributed by atoms with Crippen molar-refractivity contribution in [3.05, 3.63) is 47.8 Å². The van der Waals surface area contributed by atoms with Gasteiger partial charge in [0.05, 0.1) is 5.56 Å². The van der Waals surface area contributed by atoms with Gasteiger partial charge >= 0.3 is 5.97 Å². The average Bonchev–Trinajstić information content (AvgIpc) is 2.40. The lowest BCUT2D eigenvalue weighted by Crippen LogP contribution is -1.99. The van der Waals surface area contributed by atoms with Gasteiger partial charge in [0.15, 0.2) is 5.82 Å². The van der Waals surface area contributed by atoms with Crippen LogP contribution < -0.4 is 0 Å². The van der Waals surface area contributed by atoms with E-state index in [-0.39, 0.29) is 18.0 Å². The number of carboxylic acids is 1. The maximum atomic E-state index is 10.7. The second-order valence-electron chi connectivity index (χ2n) is 4.05. The molecule has 0 aliphatic carbocycles. The van der Waals surface area contributed by atoms with Crippen molar-refractivity contribution in [2.45, 2.75) is 19.8 Å². The van der Waals surface area contributed by atoms with E-state index < -0.39 is 5.97 Å². The van der Waals surface area contributed by atoms with E-state index in [9.17, 15) is 4.79 Å². The highest BCUT2D eigenvalue weighted by atomic mass is 35.5. The first-order valence-corrected chi connectivity index (χ1v) is 5.85. The summed E-state index contributed by atoms with van der Waals surface area (Å²) < 4.78 is 0. The standard InChI is InChI=1S/C14H14N2O2.ClH/c1-2-3-10-4-6-11(7-5-10)13-15-8-12(9-16-13)14(17)18;/h4-9H,2-3H2,1H3,(H,17,18);1H. The maximum Gasteiger partial charge on any atom is 0.338 e.